The van der Waals surface area contributed by atoms with Gasteiger partial charge in [0.25, 0.3) is 0 Å². The summed E-state index contributed by atoms with van der Waals surface area (Å²) in [7, 11) is 0. The summed E-state index contributed by atoms with van der Waals surface area (Å²) < 4.78 is 37.6. The standard InChI is InChI=1S/C15H19F3N2O/c1-10-2-4-11(5-3-10)8-20-14(21)13-7-6-12(9-19-13)15(16,17)18/h2-5,12-13,19H,6-9H2,1H3,(H,20,21). The average Bonchev–Trinajstić information content (AvgIpc) is 2.45. The van der Waals surface area contributed by atoms with Crippen molar-refractivity contribution in [2.75, 3.05) is 6.54 Å². The number of piperidine rings is 1. The molecule has 2 rings (SSSR count). The fourth-order valence-electron chi connectivity index (χ4n) is 2.38. The maximum Gasteiger partial charge on any atom is 0.393 e. The highest BCUT2D eigenvalue weighted by Gasteiger charge is 2.42. The summed E-state index contributed by atoms with van der Waals surface area (Å²) in [5.41, 5.74) is 2.11. The lowest BCUT2D eigenvalue weighted by Gasteiger charge is -2.30. The molecule has 21 heavy (non-hydrogen) atoms. The average molecular weight is 300 g/mol. The van der Waals surface area contributed by atoms with Crippen molar-refractivity contribution in [3.8, 4) is 0 Å². The summed E-state index contributed by atoms with van der Waals surface area (Å²) in [6, 6.07) is 7.21. The van der Waals surface area contributed by atoms with Crippen LogP contribution >= 0.6 is 0 Å². The largest absolute Gasteiger partial charge is 0.393 e. The Morgan fingerprint density at radius 3 is 2.48 bits per heavy atom. The van der Waals surface area contributed by atoms with E-state index in [4.69, 9.17) is 0 Å². The van der Waals surface area contributed by atoms with E-state index in [2.05, 4.69) is 10.6 Å². The normalized spacial score (nSPS) is 22.9. The molecule has 1 aliphatic heterocycles. The molecule has 0 bridgehead atoms. The third-order valence-corrected chi connectivity index (χ3v) is 3.78. The van der Waals surface area contributed by atoms with Gasteiger partial charge in [-0.3, -0.25) is 4.79 Å². The van der Waals surface area contributed by atoms with E-state index in [-0.39, 0.29) is 25.3 Å². The highest BCUT2D eigenvalue weighted by atomic mass is 19.4. The zero-order chi connectivity index (χ0) is 15.5. The number of hydrogen-bond donors (Lipinski definition) is 2. The number of benzene rings is 1. The zero-order valence-electron chi connectivity index (χ0n) is 11.8. The molecule has 2 unspecified atom stereocenters. The van der Waals surface area contributed by atoms with Crippen molar-refractivity contribution in [3.05, 3.63) is 35.4 Å². The fraction of sp³-hybridized carbons (Fsp3) is 0.533. The van der Waals surface area contributed by atoms with Gasteiger partial charge in [-0.25, -0.2) is 0 Å². The Morgan fingerprint density at radius 2 is 1.95 bits per heavy atom. The van der Waals surface area contributed by atoms with Gasteiger partial charge in [-0.05, 0) is 25.3 Å². The number of nitrogens with one attached hydrogen (secondary N) is 2. The number of halogens is 3. The highest BCUT2D eigenvalue weighted by molar-refractivity contribution is 5.81. The molecular weight excluding hydrogens is 281 g/mol. The Labute approximate surface area is 121 Å². The number of amides is 1. The Kier molecular flexibility index (Phi) is 4.88. The Hall–Kier alpha value is -1.56. The third-order valence-electron chi connectivity index (χ3n) is 3.78. The maximum absolute atomic E-state index is 12.5. The Balaban J connectivity index is 1.78. The lowest BCUT2D eigenvalue weighted by Crippen LogP contribution is -2.51. The van der Waals surface area contributed by atoms with E-state index in [9.17, 15) is 18.0 Å². The van der Waals surface area contributed by atoms with Crippen LogP contribution in [0.3, 0.4) is 0 Å². The van der Waals surface area contributed by atoms with Crippen LogP contribution in [0.2, 0.25) is 0 Å². The van der Waals surface area contributed by atoms with Crippen LogP contribution in [0, 0.1) is 12.8 Å². The first-order valence-electron chi connectivity index (χ1n) is 6.99. The molecule has 1 amide bonds. The summed E-state index contributed by atoms with van der Waals surface area (Å²) >= 11 is 0. The predicted octanol–water partition coefficient (Wildman–Crippen LogP) is 2.54. The molecular formula is C15H19F3N2O. The molecule has 1 saturated heterocycles. The summed E-state index contributed by atoms with van der Waals surface area (Å²) in [6.45, 7) is 2.18. The van der Waals surface area contributed by atoms with Crippen molar-refractivity contribution >= 4 is 5.91 Å². The molecule has 3 nitrogen and oxygen atoms in total. The molecule has 1 fully saturated rings. The number of rotatable bonds is 3. The minimum absolute atomic E-state index is 0.000875. The molecule has 0 spiro atoms. The molecule has 1 heterocycles. The molecule has 2 atom stereocenters. The summed E-state index contributed by atoms with van der Waals surface area (Å²) in [4.78, 5) is 11.9. The Bertz CT molecular complexity index is 477. The van der Waals surface area contributed by atoms with E-state index in [0.717, 1.165) is 11.1 Å². The zero-order valence-corrected chi connectivity index (χ0v) is 11.8. The minimum atomic E-state index is -4.18. The fourth-order valence-corrected chi connectivity index (χ4v) is 2.38. The predicted molar refractivity (Wildman–Crippen MR) is 73.6 cm³/mol. The molecule has 1 aromatic rings. The number of carbonyl (C=O) groups is 1. The maximum atomic E-state index is 12.5. The molecule has 6 heteroatoms. The van der Waals surface area contributed by atoms with Crippen LogP contribution in [0.15, 0.2) is 24.3 Å². The molecule has 0 aliphatic carbocycles. The van der Waals surface area contributed by atoms with Crippen LogP contribution < -0.4 is 10.6 Å². The van der Waals surface area contributed by atoms with E-state index in [1.807, 2.05) is 31.2 Å². The first-order valence-corrected chi connectivity index (χ1v) is 6.99. The molecule has 0 radical (unpaired) electrons. The van der Waals surface area contributed by atoms with E-state index in [1.165, 1.54) is 0 Å². The highest BCUT2D eigenvalue weighted by Crippen LogP contribution is 2.31. The van der Waals surface area contributed by atoms with Gasteiger partial charge >= 0.3 is 6.18 Å². The van der Waals surface area contributed by atoms with Crippen molar-refractivity contribution in [2.45, 2.75) is 38.5 Å². The SMILES string of the molecule is Cc1ccc(CNC(=O)C2CCC(C(F)(F)F)CN2)cc1. The van der Waals surface area contributed by atoms with Gasteiger partial charge in [0.2, 0.25) is 5.91 Å². The van der Waals surface area contributed by atoms with E-state index < -0.39 is 18.1 Å². The first kappa shape index (κ1) is 15.8. The molecule has 1 aliphatic rings. The van der Waals surface area contributed by atoms with Crippen LogP contribution in [0.4, 0.5) is 13.2 Å². The van der Waals surface area contributed by atoms with Crippen molar-refractivity contribution in [1.29, 1.82) is 0 Å². The van der Waals surface area contributed by atoms with Crippen molar-refractivity contribution in [1.82, 2.24) is 10.6 Å². The second kappa shape index (κ2) is 6.47. The lowest BCUT2D eigenvalue weighted by atomic mass is 9.94. The first-order chi connectivity index (χ1) is 9.86. The molecule has 116 valence electrons. The summed E-state index contributed by atoms with van der Waals surface area (Å²) in [6.07, 6.45) is -3.97. The van der Waals surface area contributed by atoms with Crippen molar-refractivity contribution in [2.24, 2.45) is 5.92 Å². The van der Waals surface area contributed by atoms with E-state index in [0.29, 0.717) is 6.54 Å². The van der Waals surface area contributed by atoms with Gasteiger partial charge in [0.05, 0.1) is 12.0 Å². The van der Waals surface area contributed by atoms with Crippen molar-refractivity contribution < 1.29 is 18.0 Å². The Morgan fingerprint density at radius 1 is 1.29 bits per heavy atom. The van der Waals surface area contributed by atoms with E-state index in [1.54, 1.807) is 0 Å². The third kappa shape index (κ3) is 4.46. The monoisotopic (exact) mass is 300 g/mol. The number of carbonyl (C=O) groups excluding carboxylic acids is 1. The van der Waals surface area contributed by atoms with Crippen molar-refractivity contribution in [3.63, 3.8) is 0 Å². The van der Waals surface area contributed by atoms with Crippen LogP contribution in [0.25, 0.3) is 0 Å². The number of alkyl halides is 3. The molecule has 2 N–H and O–H groups in total. The molecule has 0 aromatic heterocycles. The second-order valence-electron chi connectivity index (χ2n) is 5.48. The smallest absolute Gasteiger partial charge is 0.351 e. The van der Waals surface area contributed by atoms with Crippen LogP contribution in [0.5, 0.6) is 0 Å². The van der Waals surface area contributed by atoms with Gasteiger partial charge in [-0.2, -0.15) is 13.2 Å². The van der Waals surface area contributed by atoms with Gasteiger partial charge in [0, 0.05) is 13.1 Å². The molecule has 0 saturated carbocycles. The quantitative estimate of drug-likeness (QED) is 0.900. The van der Waals surface area contributed by atoms with Crippen LogP contribution in [-0.4, -0.2) is 24.7 Å². The number of hydrogen-bond acceptors (Lipinski definition) is 2. The van der Waals surface area contributed by atoms with E-state index >= 15 is 0 Å². The summed E-state index contributed by atoms with van der Waals surface area (Å²) in [5, 5.41) is 5.45. The van der Waals surface area contributed by atoms with Gasteiger partial charge in [0.15, 0.2) is 0 Å². The topological polar surface area (TPSA) is 41.1 Å². The van der Waals surface area contributed by atoms with Gasteiger partial charge in [-0.15, -0.1) is 0 Å². The van der Waals surface area contributed by atoms with Gasteiger partial charge in [0.1, 0.15) is 0 Å². The van der Waals surface area contributed by atoms with Gasteiger partial charge in [-0.1, -0.05) is 29.8 Å². The minimum Gasteiger partial charge on any atom is -0.351 e. The molecule has 1 aromatic carbocycles. The number of aryl methyl sites for hydroxylation is 1. The lowest BCUT2D eigenvalue weighted by molar-refractivity contribution is -0.180. The summed E-state index contributed by atoms with van der Waals surface area (Å²) in [5.74, 6) is -1.59. The van der Waals surface area contributed by atoms with Gasteiger partial charge < -0.3 is 10.6 Å². The second-order valence-corrected chi connectivity index (χ2v) is 5.48. The van der Waals surface area contributed by atoms with Crippen LogP contribution in [0.1, 0.15) is 24.0 Å². The van der Waals surface area contributed by atoms with Crippen LogP contribution in [-0.2, 0) is 11.3 Å².